The molecule has 0 saturated carbocycles. The minimum Gasteiger partial charge on any atom is -0.460 e. The SMILES string of the molecule is C=C1CNC(=O)c2c(N)nn3ccc(nc23)N(C(C)C)Cc2c(ccc(F)c2C#N)O1. The van der Waals surface area contributed by atoms with E-state index in [-0.39, 0.29) is 53.2 Å². The van der Waals surface area contributed by atoms with E-state index in [0.717, 1.165) is 0 Å². The summed E-state index contributed by atoms with van der Waals surface area (Å²) in [7, 11) is 0. The summed E-state index contributed by atoms with van der Waals surface area (Å²) in [5, 5.41) is 16.4. The van der Waals surface area contributed by atoms with Crippen molar-refractivity contribution in [3.05, 3.63) is 59.2 Å². The number of benzene rings is 1. The van der Waals surface area contributed by atoms with Crippen LogP contribution in [-0.2, 0) is 6.54 Å². The predicted octanol–water partition coefficient (Wildman–Crippen LogP) is 2.37. The van der Waals surface area contributed by atoms with Crippen LogP contribution in [0.2, 0.25) is 0 Å². The Kier molecular flexibility index (Phi) is 4.94. The molecular formula is C21H20FN7O2. The largest absolute Gasteiger partial charge is 0.460 e. The molecule has 3 aromatic rings. The summed E-state index contributed by atoms with van der Waals surface area (Å²) in [4.78, 5) is 19.3. The number of hydrogen-bond acceptors (Lipinski definition) is 7. The minimum absolute atomic E-state index is 0.0259. The van der Waals surface area contributed by atoms with Crippen molar-refractivity contribution >= 4 is 23.2 Å². The lowest BCUT2D eigenvalue weighted by Gasteiger charge is -2.29. The number of nitrogens with two attached hydrogens (primary N) is 1. The molecule has 0 saturated heterocycles. The van der Waals surface area contributed by atoms with Crippen LogP contribution < -0.4 is 20.7 Å². The predicted molar refractivity (Wildman–Crippen MR) is 112 cm³/mol. The molecule has 4 rings (SSSR count). The summed E-state index contributed by atoms with van der Waals surface area (Å²) < 4.78 is 21.6. The van der Waals surface area contributed by atoms with Crippen LogP contribution in [0, 0.1) is 17.1 Å². The van der Waals surface area contributed by atoms with E-state index < -0.39 is 11.7 Å². The zero-order chi connectivity index (χ0) is 22.3. The van der Waals surface area contributed by atoms with Gasteiger partial charge >= 0.3 is 0 Å². The van der Waals surface area contributed by atoms with Gasteiger partial charge < -0.3 is 20.7 Å². The van der Waals surface area contributed by atoms with Crippen molar-refractivity contribution in [1.82, 2.24) is 19.9 Å². The first kappa shape index (κ1) is 20.2. The Morgan fingerprint density at radius 1 is 1.39 bits per heavy atom. The molecule has 2 aromatic heterocycles. The van der Waals surface area contributed by atoms with Crippen LogP contribution in [-0.4, -0.2) is 33.1 Å². The van der Waals surface area contributed by atoms with Gasteiger partial charge in [-0.2, -0.15) is 5.26 Å². The number of nitriles is 1. The second-order valence-electron chi connectivity index (χ2n) is 7.37. The molecule has 0 radical (unpaired) electrons. The lowest BCUT2D eigenvalue weighted by molar-refractivity contribution is 0.0955. The van der Waals surface area contributed by atoms with Crippen LogP contribution in [0.25, 0.3) is 5.65 Å². The highest BCUT2D eigenvalue weighted by atomic mass is 19.1. The number of nitrogen functional groups attached to an aromatic ring is 1. The first-order valence-electron chi connectivity index (χ1n) is 9.57. The first-order chi connectivity index (χ1) is 14.8. The van der Waals surface area contributed by atoms with Crippen LogP contribution in [0.15, 0.2) is 36.7 Å². The van der Waals surface area contributed by atoms with Gasteiger partial charge in [-0.25, -0.2) is 13.9 Å². The summed E-state index contributed by atoms with van der Waals surface area (Å²) >= 11 is 0. The van der Waals surface area contributed by atoms with Gasteiger partial charge in [-0.3, -0.25) is 4.79 Å². The number of amides is 1. The van der Waals surface area contributed by atoms with Gasteiger partial charge in [-0.05, 0) is 32.0 Å². The summed E-state index contributed by atoms with van der Waals surface area (Å²) in [6, 6.07) is 6.17. The number of hydrogen-bond donors (Lipinski definition) is 2. The van der Waals surface area contributed by atoms with E-state index in [0.29, 0.717) is 11.4 Å². The maximum absolute atomic E-state index is 14.4. The molecule has 1 amide bonds. The zero-order valence-electron chi connectivity index (χ0n) is 17.0. The van der Waals surface area contributed by atoms with Crippen molar-refractivity contribution in [2.24, 2.45) is 0 Å². The molecule has 31 heavy (non-hydrogen) atoms. The number of ether oxygens (including phenoxy) is 1. The molecule has 1 aliphatic heterocycles. The second-order valence-corrected chi connectivity index (χ2v) is 7.37. The number of nitrogens with zero attached hydrogens (tertiary/aromatic N) is 5. The number of carbonyl (C=O) groups excluding carboxylic acids is 1. The van der Waals surface area contributed by atoms with Gasteiger partial charge in [0.2, 0.25) is 0 Å². The van der Waals surface area contributed by atoms with Crippen molar-refractivity contribution in [1.29, 1.82) is 5.26 Å². The molecule has 0 aliphatic carbocycles. The third-order valence-corrected chi connectivity index (χ3v) is 5.00. The van der Waals surface area contributed by atoms with E-state index >= 15 is 0 Å². The van der Waals surface area contributed by atoms with Gasteiger partial charge in [-0.1, -0.05) is 6.58 Å². The maximum atomic E-state index is 14.4. The molecule has 10 heteroatoms. The fourth-order valence-electron chi connectivity index (χ4n) is 3.45. The summed E-state index contributed by atoms with van der Waals surface area (Å²) in [5.41, 5.74) is 6.63. The standard InChI is InChI=1S/C21H20FN7O2/c1-11(2)28-10-14-13(8-23)15(22)4-5-16(14)31-12(3)9-25-21(30)18-19(24)27-29-7-6-17(28)26-20(18)29/h4-7,11H,3,9-10H2,1-2H3,(H2,24,27)(H,25,30). The molecule has 3 heterocycles. The molecule has 0 spiro atoms. The fraction of sp³-hybridized carbons (Fsp3) is 0.238. The molecule has 3 N–H and O–H groups in total. The average molecular weight is 421 g/mol. The maximum Gasteiger partial charge on any atom is 0.259 e. The highest BCUT2D eigenvalue weighted by molar-refractivity contribution is 6.04. The van der Waals surface area contributed by atoms with Crippen molar-refractivity contribution in [3.63, 3.8) is 0 Å². The fourth-order valence-corrected chi connectivity index (χ4v) is 3.45. The first-order valence-corrected chi connectivity index (χ1v) is 9.57. The van der Waals surface area contributed by atoms with Crippen LogP contribution >= 0.6 is 0 Å². The van der Waals surface area contributed by atoms with E-state index in [9.17, 15) is 14.4 Å². The normalized spacial score (nSPS) is 14.4. The molecule has 0 atom stereocenters. The Hall–Kier alpha value is -4.13. The summed E-state index contributed by atoms with van der Waals surface area (Å²) in [6.45, 7) is 7.81. The highest BCUT2D eigenvalue weighted by Crippen LogP contribution is 2.31. The number of carbonyl (C=O) groups is 1. The van der Waals surface area contributed by atoms with E-state index in [1.54, 1.807) is 12.3 Å². The number of anilines is 2. The van der Waals surface area contributed by atoms with Gasteiger partial charge in [0.15, 0.2) is 11.5 Å². The zero-order valence-corrected chi connectivity index (χ0v) is 17.0. The van der Waals surface area contributed by atoms with E-state index in [4.69, 9.17) is 10.5 Å². The number of rotatable bonds is 1. The molecular weight excluding hydrogens is 401 g/mol. The third-order valence-electron chi connectivity index (χ3n) is 5.00. The van der Waals surface area contributed by atoms with E-state index in [1.807, 2.05) is 24.8 Å². The van der Waals surface area contributed by atoms with Gasteiger partial charge in [0, 0.05) is 24.3 Å². The molecule has 9 nitrogen and oxygen atoms in total. The third kappa shape index (κ3) is 3.50. The van der Waals surface area contributed by atoms with Gasteiger partial charge in [-0.15, -0.1) is 5.10 Å². The van der Waals surface area contributed by atoms with Crippen molar-refractivity contribution in [3.8, 4) is 11.8 Å². The molecule has 2 bridgehead atoms. The molecule has 0 unspecified atom stereocenters. The van der Waals surface area contributed by atoms with Crippen LogP contribution in [0.4, 0.5) is 16.0 Å². The highest BCUT2D eigenvalue weighted by Gasteiger charge is 2.25. The van der Waals surface area contributed by atoms with Gasteiger partial charge in [0.1, 0.15) is 34.8 Å². The lowest BCUT2D eigenvalue weighted by atomic mass is 10.0. The Morgan fingerprint density at radius 3 is 2.87 bits per heavy atom. The smallest absolute Gasteiger partial charge is 0.259 e. The number of halogens is 1. The van der Waals surface area contributed by atoms with Crippen LogP contribution in [0.3, 0.4) is 0 Å². The van der Waals surface area contributed by atoms with Crippen molar-refractivity contribution in [2.45, 2.75) is 26.4 Å². The molecule has 1 aliphatic rings. The van der Waals surface area contributed by atoms with E-state index in [2.05, 4.69) is 22.0 Å². The van der Waals surface area contributed by atoms with Crippen molar-refractivity contribution in [2.75, 3.05) is 17.2 Å². The second kappa shape index (κ2) is 7.60. The number of aromatic nitrogens is 3. The number of fused-ring (bicyclic) bond motifs is 2. The number of nitrogens with one attached hydrogen (secondary N) is 1. The van der Waals surface area contributed by atoms with E-state index in [1.165, 1.54) is 16.6 Å². The van der Waals surface area contributed by atoms with Crippen LogP contribution in [0.1, 0.15) is 35.3 Å². The Labute approximate surface area is 177 Å². The Balaban J connectivity index is 1.96. The molecule has 158 valence electrons. The minimum atomic E-state index is -0.647. The van der Waals surface area contributed by atoms with Gasteiger partial charge in [0.25, 0.3) is 5.91 Å². The summed E-state index contributed by atoms with van der Waals surface area (Å²) in [6.07, 6.45) is 1.65. The average Bonchev–Trinajstić information content (AvgIpc) is 3.06. The molecule has 1 aromatic carbocycles. The quantitative estimate of drug-likeness (QED) is 0.619. The van der Waals surface area contributed by atoms with Crippen LogP contribution in [0.5, 0.6) is 5.75 Å². The monoisotopic (exact) mass is 421 g/mol. The Morgan fingerprint density at radius 2 is 2.16 bits per heavy atom. The lowest BCUT2D eigenvalue weighted by Crippen LogP contribution is -2.31. The molecule has 0 fully saturated rings. The topological polar surface area (TPSA) is 122 Å². The van der Waals surface area contributed by atoms with Gasteiger partial charge in [0.05, 0.1) is 12.1 Å². The Bertz CT molecular complexity index is 1260. The van der Waals surface area contributed by atoms with Crippen molar-refractivity contribution < 1.29 is 13.9 Å². The summed E-state index contributed by atoms with van der Waals surface area (Å²) in [5.74, 6) is -0.0847.